The van der Waals surface area contributed by atoms with Crippen LogP contribution in [0, 0.1) is 0 Å². The highest BCUT2D eigenvalue weighted by atomic mass is 31.2. The number of rotatable bonds is 6. The van der Waals surface area contributed by atoms with Gasteiger partial charge in [-0.25, -0.2) is 4.98 Å². The summed E-state index contributed by atoms with van der Waals surface area (Å²) in [7, 11) is -3.12. The summed E-state index contributed by atoms with van der Waals surface area (Å²) in [6, 6.07) is 61.3. The van der Waals surface area contributed by atoms with Gasteiger partial charge in [-0.15, -0.1) is 0 Å². The molecule has 3 nitrogen and oxygen atoms in total. The van der Waals surface area contributed by atoms with Crippen LogP contribution >= 0.6 is 7.14 Å². The molecule has 2 aromatic heterocycles. The van der Waals surface area contributed by atoms with Crippen LogP contribution in [0.4, 0.5) is 0 Å². The Morgan fingerprint density at radius 2 is 0.980 bits per heavy atom. The fourth-order valence-electron chi connectivity index (χ4n) is 7.00. The second-order valence-corrected chi connectivity index (χ2v) is 15.0. The van der Waals surface area contributed by atoms with Gasteiger partial charge in [-0.3, -0.25) is 0 Å². The summed E-state index contributed by atoms with van der Waals surface area (Å²) in [5, 5.41) is 5.65. The number of nitrogens with zero attached hydrogens (tertiary/aromatic N) is 1. The fraction of sp³-hybridized carbons (Fsp3) is 0. The molecular formula is C45H30NO2P. The quantitative estimate of drug-likeness (QED) is 0.169. The number of benzene rings is 7. The summed E-state index contributed by atoms with van der Waals surface area (Å²) >= 11 is 0. The second-order valence-electron chi connectivity index (χ2n) is 12.2. The Morgan fingerprint density at radius 3 is 1.71 bits per heavy atom. The van der Waals surface area contributed by atoms with Gasteiger partial charge in [0, 0.05) is 43.2 Å². The lowest BCUT2D eigenvalue weighted by molar-refractivity contribution is 0.592. The van der Waals surface area contributed by atoms with Crippen molar-refractivity contribution in [2.24, 2.45) is 0 Å². The van der Waals surface area contributed by atoms with Gasteiger partial charge in [0.15, 0.2) is 12.7 Å². The molecule has 0 spiro atoms. The highest BCUT2D eigenvalue weighted by Gasteiger charge is 2.30. The average Bonchev–Trinajstić information content (AvgIpc) is 3.58. The predicted octanol–water partition coefficient (Wildman–Crippen LogP) is 10.8. The van der Waals surface area contributed by atoms with Gasteiger partial charge in [0.25, 0.3) is 0 Å². The minimum absolute atomic E-state index is 0.795. The fourth-order valence-corrected chi connectivity index (χ4v) is 9.70. The van der Waals surface area contributed by atoms with E-state index in [4.69, 9.17) is 9.40 Å². The predicted molar refractivity (Wildman–Crippen MR) is 205 cm³/mol. The van der Waals surface area contributed by atoms with Crippen LogP contribution in [0.5, 0.6) is 0 Å². The first kappa shape index (κ1) is 29.1. The van der Waals surface area contributed by atoms with Crippen LogP contribution in [0.3, 0.4) is 0 Å². The van der Waals surface area contributed by atoms with Crippen LogP contribution in [0.2, 0.25) is 0 Å². The lowest BCUT2D eigenvalue weighted by Gasteiger charge is -2.20. The molecule has 0 amide bonds. The van der Waals surface area contributed by atoms with Crippen LogP contribution in [-0.4, -0.2) is 4.98 Å². The van der Waals surface area contributed by atoms with Gasteiger partial charge in [0.05, 0.1) is 5.52 Å². The minimum Gasteiger partial charge on any atom is -0.454 e. The Kier molecular flexibility index (Phi) is 7.08. The first-order chi connectivity index (χ1) is 24.2. The van der Waals surface area contributed by atoms with Crippen LogP contribution in [0.1, 0.15) is 0 Å². The molecule has 0 saturated carbocycles. The van der Waals surface area contributed by atoms with Crippen molar-refractivity contribution < 1.29 is 8.98 Å². The Bertz CT molecular complexity index is 2640. The number of hydrogen-bond acceptors (Lipinski definition) is 3. The van der Waals surface area contributed by atoms with Crippen molar-refractivity contribution in [1.29, 1.82) is 0 Å². The number of hydrogen-bond donors (Lipinski definition) is 0. The lowest BCUT2D eigenvalue weighted by atomic mass is 9.95. The van der Waals surface area contributed by atoms with Gasteiger partial charge in [-0.1, -0.05) is 164 Å². The van der Waals surface area contributed by atoms with Crippen LogP contribution in [-0.2, 0) is 4.57 Å². The van der Waals surface area contributed by atoms with Gasteiger partial charge in [-0.2, -0.15) is 0 Å². The van der Waals surface area contributed by atoms with Gasteiger partial charge in [0.2, 0.25) is 0 Å². The molecule has 0 saturated heterocycles. The zero-order chi connectivity index (χ0) is 32.8. The zero-order valence-electron chi connectivity index (χ0n) is 26.5. The Morgan fingerprint density at radius 1 is 0.449 bits per heavy atom. The molecule has 232 valence electrons. The minimum atomic E-state index is -3.12. The summed E-state index contributed by atoms with van der Waals surface area (Å²) in [4.78, 5) is 5.33. The molecule has 0 fully saturated rings. The maximum Gasteiger partial charge on any atom is 0.171 e. The van der Waals surface area contributed by atoms with E-state index in [9.17, 15) is 0 Å². The molecule has 0 radical (unpaired) electrons. The van der Waals surface area contributed by atoms with Crippen molar-refractivity contribution in [3.8, 4) is 33.5 Å². The van der Waals surface area contributed by atoms with Gasteiger partial charge < -0.3 is 8.98 Å². The SMILES string of the molecule is O=P(c1ccccc1)(c1ccccc1)c1cccc(-c2cccc(-c3cccc4c3nc(-c3ccccc3)c3oc5ccccc5c34)c2)c1. The smallest absolute Gasteiger partial charge is 0.171 e. The third-order valence-corrected chi connectivity index (χ3v) is 12.4. The third-order valence-electron chi connectivity index (χ3n) is 9.34. The van der Waals surface area contributed by atoms with Crippen molar-refractivity contribution in [2.45, 2.75) is 0 Å². The summed E-state index contributed by atoms with van der Waals surface area (Å²) in [6.07, 6.45) is 0. The molecule has 0 N–H and O–H groups in total. The van der Waals surface area contributed by atoms with E-state index in [1.165, 1.54) is 0 Å². The molecular weight excluding hydrogens is 617 g/mol. The molecule has 0 aliphatic heterocycles. The maximum absolute atomic E-state index is 15.1. The first-order valence-corrected chi connectivity index (χ1v) is 18.1. The summed E-state index contributed by atoms with van der Waals surface area (Å²) in [5.41, 5.74) is 8.55. The van der Waals surface area contributed by atoms with E-state index in [2.05, 4.69) is 78.9 Å². The summed E-state index contributed by atoms with van der Waals surface area (Å²) < 4.78 is 21.6. The first-order valence-electron chi connectivity index (χ1n) is 16.4. The monoisotopic (exact) mass is 647 g/mol. The molecule has 49 heavy (non-hydrogen) atoms. The van der Waals surface area contributed by atoms with Crippen LogP contribution in [0.25, 0.3) is 66.4 Å². The molecule has 9 aromatic rings. The molecule has 0 atom stereocenters. The molecule has 0 unspecified atom stereocenters. The molecule has 4 heteroatoms. The van der Waals surface area contributed by atoms with Crippen molar-refractivity contribution in [3.05, 3.63) is 182 Å². The van der Waals surface area contributed by atoms with Crippen LogP contribution < -0.4 is 15.9 Å². The average molecular weight is 648 g/mol. The second kappa shape index (κ2) is 11.9. The number of furan rings is 1. The zero-order valence-corrected chi connectivity index (χ0v) is 27.4. The van der Waals surface area contributed by atoms with Crippen LogP contribution in [0.15, 0.2) is 186 Å². The standard InChI is InChI=1S/C45H30NO2P/c47-49(35-20-6-2-7-21-35,36-22-8-3-9-23-36)37-24-13-18-33(30-37)32-17-12-19-34(29-32)38-26-14-27-40-42-39-25-10-11-28-41(39)48-45(42)43(46-44(38)40)31-15-4-1-5-16-31/h1-30H. The molecule has 0 aliphatic carbocycles. The van der Waals surface area contributed by atoms with Crippen molar-refractivity contribution in [2.75, 3.05) is 0 Å². The van der Waals surface area contributed by atoms with E-state index in [-0.39, 0.29) is 0 Å². The Hall–Kier alpha value is -6.02. The van der Waals surface area contributed by atoms with E-state index in [1.54, 1.807) is 0 Å². The van der Waals surface area contributed by atoms with Gasteiger partial charge in [-0.05, 0) is 34.9 Å². The number of aromatic nitrogens is 1. The molecule has 0 aliphatic rings. The van der Waals surface area contributed by atoms with Crippen molar-refractivity contribution in [3.63, 3.8) is 0 Å². The highest BCUT2D eigenvalue weighted by molar-refractivity contribution is 7.85. The normalized spacial score (nSPS) is 11.8. The molecule has 2 heterocycles. The Balaban J connectivity index is 1.22. The van der Waals surface area contributed by atoms with E-state index in [0.717, 1.165) is 82.3 Å². The third kappa shape index (κ3) is 4.90. The molecule has 0 bridgehead atoms. The van der Waals surface area contributed by atoms with E-state index >= 15 is 4.57 Å². The van der Waals surface area contributed by atoms with Crippen molar-refractivity contribution >= 4 is 55.9 Å². The Labute approximate surface area is 284 Å². The van der Waals surface area contributed by atoms with Gasteiger partial charge >= 0.3 is 0 Å². The maximum atomic E-state index is 15.1. The lowest BCUT2D eigenvalue weighted by Crippen LogP contribution is -2.25. The van der Waals surface area contributed by atoms with Gasteiger partial charge in [0.1, 0.15) is 11.3 Å². The van der Waals surface area contributed by atoms with E-state index in [0.29, 0.717) is 0 Å². The topological polar surface area (TPSA) is 43.1 Å². The number of fused-ring (bicyclic) bond motifs is 5. The largest absolute Gasteiger partial charge is 0.454 e. The summed E-state index contributed by atoms with van der Waals surface area (Å²) in [6.45, 7) is 0. The highest BCUT2D eigenvalue weighted by Crippen LogP contribution is 2.44. The summed E-state index contributed by atoms with van der Waals surface area (Å²) in [5.74, 6) is 0. The van der Waals surface area contributed by atoms with E-state index < -0.39 is 7.14 Å². The number of para-hydroxylation sites is 2. The van der Waals surface area contributed by atoms with Crippen molar-refractivity contribution in [1.82, 2.24) is 4.98 Å². The number of pyridine rings is 1. The molecule has 9 rings (SSSR count). The molecule has 7 aromatic carbocycles. The van der Waals surface area contributed by atoms with E-state index in [1.807, 2.05) is 103 Å².